The Bertz CT molecular complexity index is 1560. The normalized spacial score (nSPS) is 11.1. The molecule has 0 N–H and O–H groups in total. The minimum atomic E-state index is -0.301. The van der Waals surface area contributed by atoms with Gasteiger partial charge in [-0.05, 0) is 61.4 Å². The molecule has 43 heavy (non-hydrogen) atoms. The maximum absolute atomic E-state index is 11.7. The number of esters is 1. The number of aromatic nitrogens is 1. The minimum Gasteiger partial charge on any atom is -0.490 e. The van der Waals surface area contributed by atoms with Crippen LogP contribution in [0.3, 0.4) is 0 Å². The van der Waals surface area contributed by atoms with Crippen LogP contribution >= 0.6 is 46.4 Å². The van der Waals surface area contributed by atoms with E-state index >= 15 is 0 Å². The molecule has 1 aromatic heterocycles. The van der Waals surface area contributed by atoms with Gasteiger partial charge in [0.1, 0.15) is 5.52 Å². The first kappa shape index (κ1) is 32.9. The lowest BCUT2D eigenvalue weighted by Crippen LogP contribution is -2.07. The van der Waals surface area contributed by atoms with Crippen molar-refractivity contribution in [1.29, 1.82) is 0 Å². The number of methoxy groups -OCH3 is 1. The zero-order valence-corrected chi connectivity index (χ0v) is 26.5. The van der Waals surface area contributed by atoms with Crippen LogP contribution in [0.5, 0.6) is 11.5 Å². The molecule has 0 radical (unpaired) electrons. The quantitative estimate of drug-likeness (QED) is 0.0705. The molecule has 0 aliphatic heterocycles. The summed E-state index contributed by atoms with van der Waals surface area (Å²) in [5.41, 5.74) is 3.07. The van der Waals surface area contributed by atoms with E-state index in [1.54, 1.807) is 42.5 Å². The van der Waals surface area contributed by atoms with Crippen molar-refractivity contribution in [2.24, 2.45) is 0 Å². The van der Waals surface area contributed by atoms with Gasteiger partial charge in [-0.15, -0.1) is 0 Å². The number of rotatable bonds is 15. The van der Waals surface area contributed by atoms with Crippen molar-refractivity contribution in [3.8, 4) is 23.0 Å². The molecular formula is C31H29Cl4NO7. The highest BCUT2D eigenvalue weighted by atomic mass is 35.5. The lowest BCUT2D eigenvalue weighted by molar-refractivity contribution is -0.140. The smallest absolute Gasteiger partial charge is 0.305 e. The summed E-state index contributed by atoms with van der Waals surface area (Å²) in [6.07, 6.45) is 1.95. The van der Waals surface area contributed by atoms with E-state index in [1.165, 1.54) is 14.0 Å². The number of ketones is 1. The third kappa shape index (κ3) is 9.00. The lowest BCUT2D eigenvalue weighted by atomic mass is 10.1. The van der Waals surface area contributed by atoms with Crippen LogP contribution < -0.4 is 9.47 Å². The molecule has 3 aromatic carbocycles. The first-order valence-electron chi connectivity index (χ1n) is 13.4. The molecule has 0 aliphatic rings. The Balaban J connectivity index is 1.17. The van der Waals surface area contributed by atoms with Gasteiger partial charge < -0.3 is 23.4 Å². The van der Waals surface area contributed by atoms with Gasteiger partial charge in [-0.1, -0.05) is 46.4 Å². The Hall–Kier alpha value is -3.01. The summed E-state index contributed by atoms with van der Waals surface area (Å²) in [6.45, 7) is 3.15. The van der Waals surface area contributed by atoms with Gasteiger partial charge >= 0.3 is 5.97 Å². The molecule has 4 rings (SSSR count). The molecule has 0 saturated carbocycles. The molecular weight excluding hydrogens is 640 g/mol. The second-order valence-corrected chi connectivity index (χ2v) is 11.1. The Labute approximate surface area is 269 Å². The van der Waals surface area contributed by atoms with E-state index in [-0.39, 0.29) is 18.2 Å². The number of fused-ring (bicyclic) bond motifs is 1. The predicted octanol–water partition coefficient (Wildman–Crippen LogP) is 8.67. The van der Waals surface area contributed by atoms with Crippen molar-refractivity contribution in [3.05, 3.63) is 73.7 Å². The fourth-order valence-corrected chi connectivity index (χ4v) is 5.34. The van der Waals surface area contributed by atoms with E-state index in [1.807, 2.05) is 0 Å². The van der Waals surface area contributed by atoms with E-state index < -0.39 is 0 Å². The number of nitrogens with zero attached hydrogens (tertiary/aromatic N) is 1. The summed E-state index contributed by atoms with van der Waals surface area (Å²) in [5, 5.41) is 1.41. The summed E-state index contributed by atoms with van der Waals surface area (Å²) in [7, 11) is 1.35. The first-order valence-corrected chi connectivity index (χ1v) is 15.0. The van der Waals surface area contributed by atoms with Crippen molar-refractivity contribution < 1.29 is 33.0 Å². The van der Waals surface area contributed by atoms with E-state index in [0.29, 0.717) is 105 Å². The second kappa shape index (κ2) is 15.6. The van der Waals surface area contributed by atoms with Crippen LogP contribution in [-0.2, 0) is 20.7 Å². The second-order valence-electron chi connectivity index (χ2n) is 9.51. The maximum atomic E-state index is 11.7. The Morgan fingerprint density at radius 3 is 1.95 bits per heavy atom. The molecule has 8 nitrogen and oxygen atoms in total. The zero-order chi connectivity index (χ0) is 30.9. The van der Waals surface area contributed by atoms with Crippen LogP contribution in [-0.4, -0.2) is 50.3 Å². The van der Waals surface area contributed by atoms with E-state index in [9.17, 15) is 9.59 Å². The average molecular weight is 669 g/mol. The van der Waals surface area contributed by atoms with Crippen LogP contribution in [0.4, 0.5) is 0 Å². The van der Waals surface area contributed by atoms with Gasteiger partial charge in [-0.3, -0.25) is 9.59 Å². The third-order valence-electron chi connectivity index (χ3n) is 6.30. The number of carbonyl (C=O) groups is 2. The van der Waals surface area contributed by atoms with Crippen LogP contribution in [0.15, 0.2) is 46.9 Å². The van der Waals surface area contributed by atoms with Crippen LogP contribution in [0.25, 0.3) is 22.6 Å². The fourth-order valence-electron chi connectivity index (χ4n) is 4.10. The summed E-state index contributed by atoms with van der Waals surface area (Å²) in [6, 6.07) is 11.9. The highest BCUT2D eigenvalue weighted by Gasteiger charge is 2.16. The van der Waals surface area contributed by atoms with E-state index in [0.717, 1.165) is 5.56 Å². The molecule has 0 atom stereocenters. The Kier molecular flexibility index (Phi) is 12.0. The number of oxazole rings is 1. The van der Waals surface area contributed by atoms with Gasteiger partial charge in [0, 0.05) is 43.6 Å². The molecule has 0 aliphatic carbocycles. The molecule has 0 saturated heterocycles. The first-order chi connectivity index (χ1) is 20.7. The summed E-state index contributed by atoms with van der Waals surface area (Å²) >= 11 is 25.5. The molecule has 12 heteroatoms. The molecule has 0 spiro atoms. The van der Waals surface area contributed by atoms with Crippen molar-refractivity contribution in [2.45, 2.75) is 32.6 Å². The fraction of sp³-hybridized carbons (Fsp3) is 0.323. The van der Waals surface area contributed by atoms with Crippen molar-refractivity contribution >= 4 is 69.3 Å². The summed E-state index contributed by atoms with van der Waals surface area (Å²) < 4.78 is 27.7. The average Bonchev–Trinajstić information content (AvgIpc) is 3.41. The highest BCUT2D eigenvalue weighted by molar-refractivity contribution is 6.38. The topological polar surface area (TPSA) is 97.1 Å². The number of hydrogen-bond donors (Lipinski definition) is 0. The number of aryl methyl sites for hydroxylation is 1. The van der Waals surface area contributed by atoms with Crippen molar-refractivity contribution in [1.82, 2.24) is 4.98 Å². The minimum absolute atomic E-state index is 0.0594. The van der Waals surface area contributed by atoms with Crippen LogP contribution in [0, 0.1) is 0 Å². The van der Waals surface area contributed by atoms with Crippen LogP contribution in [0.1, 0.15) is 42.1 Å². The highest BCUT2D eigenvalue weighted by Crippen LogP contribution is 2.38. The lowest BCUT2D eigenvalue weighted by Gasteiger charge is -2.12. The molecule has 0 fully saturated rings. The van der Waals surface area contributed by atoms with Gasteiger partial charge in [-0.2, -0.15) is 0 Å². The number of Topliss-reactive ketones (excluding diaryl/α,β-unsaturated/α-hetero) is 1. The molecule has 0 amide bonds. The third-order valence-corrected chi connectivity index (χ3v) is 7.43. The predicted molar refractivity (Wildman–Crippen MR) is 167 cm³/mol. The molecule has 228 valence electrons. The van der Waals surface area contributed by atoms with Gasteiger partial charge in [-0.25, -0.2) is 4.98 Å². The van der Waals surface area contributed by atoms with Gasteiger partial charge in [0.05, 0.1) is 40.4 Å². The number of benzene rings is 3. The van der Waals surface area contributed by atoms with Crippen molar-refractivity contribution in [2.75, 3.05) is 33.5 Å². The van der Waals surface area contributed by atoms with Crippen LogP contribution in [0.2, 0.25) is 20.1 Å². The zero-order valence-electron chi connectivity index (χ0n) is 23.5. The van der Waals surface area contributed by atoms with E-state index in [4.69, 9.17) is 65.0 Å². The standard InChI is InChI=1S/C31H29Cl4NO7/c1-18(37)20-6-7-26-27(17-20)43-31(36-26)21-15-24(34)30(25(35)16-21)42-12-4-10-40-9-3-11-41-29-22(32)13-19(14-23(29)33)5-8-28(38)39-2/h6-7,13-17H,3-5,8-12H2,1-2H3. The van der Waals surface area contributed by atoms with Gasteiger partial charge in [0.25, 0.3) is 0 Å². The van der Waals surface area contributed by atoms with E-state index in [2.05, 4.69) is 9.72 Å². The summed E-state index contributed by atoms with van der Waals surface area (Å²) in [5.74, 6) is 0.735. The number of carbonyl (C=O) groups excluding carboxylic acids is 2. The number of ether oxygens (including phenoxy) is 4. The molecule has 0 unspecified atom stereocenters. The monoisotopic (exact) mass is 667 g/mol. The maximum Gasteiger partial charge on any atom is 0.305 e. The SMILES string of the molecule is COC(=O)CCc1cc(Cl)c(OCCCOCCCOc2c(Cl)cc(-c3nc4ccc(C(C)=O)cc4o3)cc2Cl)c(Cl)c1. The van der Waals surface area contributed by atoms with Gasteiger partial charge in [0.2, 0.25) is 5.89 Å². The Morgan fingerprint density at radius 2 is 1.40 bits per heavy atom. The number of hydrogen-bond acceptors (Lipinski definition) is 8. The number of halogens is 4. The summed E-state index contributed by atoms with van der Waals surface area (Å²) in [4.78, 5) is 27.5. The van der Waals surface area contributed by atoms with Gasteiger partial charge in [0.15, 0.2) is 22.9 Å². The van der Waals surface area contributed by atoms with Crippen molar-refractivity contribution in [3.63, 3.8) is 0 Å². The molecule has 4 aromatic rings. The molecule has 1 heterocycles. The molecule has 0 bridgehead atoms. The Morgan fingerprint density at radius 1 is 0.814 bits per heavy atom. The largest absolute Gasteiger partial charge is 0.490 e.